The molecule has 0 spiro atoms. The van der Waals surface area contributed by atoms with E-state index in [0.717, 1.165) is 29.2 Å². The summed E-state index contributed by atoms with van der Waals surface area (Å²) in [6.07, 6.45) is 4.81. The van der Waals surface area contributed by atoms with Crippen molar-refractivity contribution in [3.05, 3.63) is 41.7 Å². The van der Waals surface area contributed by atoms with Crippen LogP contribution in [0.25, 0.3) is 5.69 Å². The van der Waals surface area contributed by atoms with Crippen molar-refractivity contribution in [2.24, 2.45) is 0 Å². The highest BCUT2D eigenvalue weighted by Gasteiger charge is 2.03. The zero-order valence-electron chi connectivity index (χ0n) is 9.36. The van der Waals surface area contributed by atoms with Gasteiger partial charge in [-0.3, -0.25) is 4.98 Å². The molecule has 78 valence electrons. The van der Waals surface area contributed by atoms with Gasteiger partial charge in [-0.15, -0.1) is 0 Å². The fourth-order valence-electron chi connectivity index (χ4n) is 1.63. The van der Waals surface area contributed by atoms with Crippen molar-refractivity contribution in [2.75, 3.05) is 0 Å². The molecule has 15 heavy (non-hydrogen) atoms. The molecule has 3 heteroatoms. The maximum absolute atomic E-state index is 4.53. The molecule has 0 aliphatic heterocycles. The average Bonchev–Trinajstić information content (AvgIpc) is 2.64. The lowest BCUT2D eigenvalue weighted by Crippen LogP contribution is -1.98. The largest absolute Gasteiger partial charge is 0.304 e. The molecule has 0 aliphatic rings. The summed E-state index contributed by atoms with van der Waals surface area (Å²) in [5.74, 6) is 0. The summed E-state index contributed by atoms with van der Waals surface area (Å²) >= 11 is 0. The Morgan fingerprint density at radius 2 is 2.07 bits per heavy atom. The van der Waals surface area contributed by atoms with Crippen molar-refractivity contribution >= 4 is 0 Å². The highest BCUT2D eigenvalue weighted by Crippen LogP contribution is 2.13. The van der Waals surface area contributed by atoms with Gasteiger partial charge in [0.1, 0.15) is 0 Å². The van der Waals surface area contributed by atoms with Crippen LogP contribution in [0.5, 0.6) is 0 Å². The van der Waals surface area contributed by atoms with Gasteiger partial charge < -0.3 is 4.57 Å². The molecule has 0 atom stereocenters. The Balaban J connectivity index is 2.45. The van der Waals surface area contributed by atoms with E-state index in [0.29, 0.717) is 0 Å². The van der Waals surface area contributed by atoms with E-state index in [-0.39, 0.29) is 0 Å². The second-order valence-corrected chi connectivity index (χ2v) is 3.68. The third-order valence-electron chi connectivity index (χ3n) is 2.47. The van der Waals surface area contributed by atoms with Crippen LogP contribution in [0.2, 0.25) is 0 Å². The third kappa shape index (κ3) is 1.91. The standard InChI is InChI=1S/C12H15N3/c1-4-11-5-6-12(10(3)14-11)15-7-9(2)13-8-15/h5-8H,4H2,1-3H3. The molecule has 0 radical (unpaired) electrons. The molecule has 0 aliphatic carbocycles. The van der Waals surface area contributed by atoms with Gasteiger partial charge in [0.2, 0.25) is 0 Å². The minimum absolute atomic E-state index is 0.976. The normalized spacial score (nSPS) is 10.6. The number of hydrogen-bond acceptors (Lipinski definition) is 2. The topological polar surface area (TPSA) is 30.7 Å². The minimum atomic E-state index is 0.976. The van der Waals surface area contributed by atoms with Crippen molar-refractivity contribution in [3.8, 4) is 5.69 Å². The predicted octanol–water partition coefficient (Wildman–Crippen LogP) is 2.45. The van der Waals surface area contributed by atoms with E-state index in [1.54, 1.807) is 0 Å². The van der Waals surface area contributed by atoms with Crippen LogP contribution in [-0.4, -0.2) is 14.5 Å². The summed E-state index contributed by atoms with van der Waals surface area (Å²) in [7, 11) is 0. The van der Waals surface area contributed by atoms with Gasteiger partial charge in [0.15, 0.2) is 0 Å². The van der Waals surface area contributed by atoms with Crippen LogP contribution in [-0.2, 0) is 6.42 Å². The van der Waals surface area contributed by atoms with Gasteiger partial charge in [0.25, 0.3) is 0 Å². The van der Waals surface area contributed by atoms with Crippen LogP contribution in [0, 0.1) is 13.8 Å². The Bertz CT molecular complexity index is 471. The molecule has 0 bridgehead atoms. The summed E-state index contributed by atoms with van der Waals surface area (Å²) < 4.78 is 2.01. The summed E-state index contributed by atoms with van der Waals surface area (Å²) in [5, 5.41) is 0. The molecule has 0 unspecified atom stereocenters. The summed E-state index contributed by atoms with van der Waals surface area (Å²) in [5.41, 5.74) is 4.31. The SMILES string of the molecule is CCc1ccc(-n2cnc(C)c2)c(C)n1. The Hall–Kier alpha value is -1.64. The van der Waals surface area contributed by atoms with E-state index < -0.39 is 0 Å². The molecule has 0 amide bonds. The molecular weight excluding hydrogens is 186 g/mol. The number of aryl methyl sites for hydroxylation is 3. The second kappa shape index (κ2) is 3.85. The first-order chi connectivity index (χ1) is 7.20. The number of pyridine rings is 1. The fourth-order valence-corrected chi connectivity index (χ4v) is 1.63. The summed E-state index contributed by atoms with van der Waals surface area (Å²) in [4.78, 5) is 8.74. The molecule has 2 heterocycles. The quantitative estimate of drug-likeness (QED) is 0.747. The maximum Gasteiger partial charge on any atom is 0.0995 e. The molecule has 0 N–H and O–H groups in total. The monoisotopic (exact) mass is 201 g/mol. The first kappa shape index (κ1) is 9.90. The number of imidazole rings is 1. The Labute approximate surface area is 89.8 Å². The van der Waals surface area contributed by atoms with E-state index in [2.05, 4.69) is 29.0 Å². The van der Waals surface area contributed by atoms with Gasteiger partial charge in [-0.1, -0.05) is 6.92 Å². The van der Waals surface area contributed by atoms with Crippen LogP contribution in [0.15, 0.2) is 24.7 Å². The van der Waals surface area contributed by atoms with Crippen LogP contribution in [0.3, 0.4) is 0 Å². The summed E-state index contributed by atoms with van der Waals surface area (Å²) in [6.45, 7) is 6.13. The molecule has 2 aromatic heterocycles. The van der Waals surface area contributed by atoms with Gasteiger partial charge in [-0.2, -0.15) is 0 Å². The lowest BCUT2D eigenvalue weighted by Gasteiger charge is -2.06. The average molecular weight is 201 g/mol. The van der Waals surface area contributed by atoms with Gasteiger partial charge in [-0.25, -0.2) is 4.98 Å². The van der Waals surface area contributed by atoms with Gasteiger partial charge in [-0.05, 0) is 32.4 Å². The van der Waals surface area contributed by atoms with Crippen LogP contribution in [0.1, 0.15) is 24.0 Å². The van der Waals surface area contributed by atoms with Crippen LogP contribution >= 0.6 is 0 Å². The lowest BCUT2D eigenvalue weighted by molar-refractivity contribution is 0.956. The van der Waals surface area contributed by atoms with E-state index in [9.17, 15) is 0 Å². The van der Waals surface area contributed by atoms with E-state index in [4.69, 9.17) is 0 Å². The van der Waals surface area contributed by atoms with Gasteiger partial charge in [0, 0.05) is 11.9 Å². The number of rotatable bonds is 2. The Morgan fingerprint density at radius 1 is 1.27 bits per heavy atom. The first-order valence-corrected chi connectivity index (χ1v) is 5.18. The van der Waals surface area contributed by atoms with E-state index in [1.807, 2.05) is 30.9 Å². The molecular formula is C12H15N3. The Kier molecular flexibility index (Phi) is 2.54. The number of aromatic nitrogens is 3. The molecule has 2 rings (SSSR count). The molecule has 0 saturated carbocycles. The second-order valence-electron chi connectivity index (χ2n) is 3.68. The molecule has 2 aromatic rings. The predicted molar refractivity (Wildman–Crippen MR) is 60.2 cm³/mol. The third-order valence-corrected chi connectivity index (χ3v) is 2.47. The van der Waals surface area contributed by atoms with Crippen molar-refractivity contribution in [1.29, 1.82) is 0 Å². The minimum Gasteiger partial charge on any atom is -0.304 e. The zero-order valence-corrected chi connectivity index (χ0v) is 9.36. The summed E-state index contributed by atoms with van der Waals surface area (Å²) in [6, 6.07) is 4.17. The van der Waals surface area contributed by atoms with E-state index in [1.165, 1.54) is 0 Å². The highest BCUT2D eigenvalue weighted by atomic mass is 15.0. The van der Waals surface area contributed by atoms with Crippen molar-refractivity contribution in [2.45, 2.75) is 27.2 Å². The molecule has 3 nitrogen and oxygen atoms in total. The van der Waals surface area contributed by atoms with Crippen LogP contribution in [0.4, 0.5) is 0 Å². The number of nitrogens with zero attached hydrogens (tertiary/aromatic N) is 3. The molecule has 0 fully saturated rings. The number of hydrogen-bond donors (Lipinski definition) is 0. The lowest BCUT2D eigenvalue weighted by atomic mass is 10.2. The van der Waals surface area contributed by atoms with Crippen molar-refractivity contribution < 1.29 is 0 Å². The van der Waals surface area contributed by atoms with Crippen molar-refractivity contribution in [3.63, 3.8) is 0 Å². The Morgan fingerprint density at radius 3 is 2.60 bits per heavy atom. The highest BCUT2D eigenvalue weighted by molar-refractivity contribution is 5.37. The van der Waals surface area contributed by atoms with Crippen LogP contribution < -0.4 is 0 Å². The van der Waals surface area contributed by atoms with E-state index >= 15 is 0 Å². The van der Waals surface area contributed by atoms with Gasteiger partial charge in [0.05, 0.1) is 23.4 Å². The molecule has 0 saturated heterocycles. The van der Waals surface area contributed by atoms with Crippen molar-refractivity contribution in [1.82, 2.24) is 14.5 Å². The maximum atomic E-state index is 4.53. The fraction of sp³-hybridized carbons (Fsp3) is 0.333. The molecule has 0 aromatic carbocycles. The smallest absolute Gasteiger partial charge is 0.0995 e. The van der Waals surface area contributed by atoms with Gasteiger partial charge >= 0.3 is 0 Å². The zero-order chi connectivity index (χ0) is 10.8. The first-order valence-electron chi connectivity index (χ1n) is 5.18.